The van der Waals surface area contributed by atoms with Crippen molar-refractivity contribution in [2.24, 2.45) is 7.05 Å². The van der Waals surface area contributed by atoms with Crippen LogP contribution in [-0.2, 0) is 16.6 Å². The molecule has 6 amide bonds. The second kappa shape index (κ2) is 18.0. The van der Waals surface area contributed by atoms with Crippen LogP contribution in [0, 0.1) is 0 Å². The maximum Gasteiger partial charge on any atom is 0.329 e. The largest absolute Gasteiger partial charge is 0.481 e. The number of amides is 6. The summed E-state index contributed by atoms with van der Waals surface area (Å²) in [6.45, 7) is 4.23. The zero-order valence-corrected chi connectivity index (χ0v) is 34.9. The molecule has 18 heteroatoms. The first-order valence-electron chi connectivity index (χ1n) is 21.0. The standard InChI is InChI=1S/C43H52N12O6/c1-50(2)41(59)33-25-29-26-45-42(48-38(29)55(33)31-9-4-5-10-31)46-30-15-13-28(14-16-30)40(58)44-18-6-7-19-52-21-23-53(24-22-52)36(57)27-61-34-12-8-11-32-37(34)51(3)49-39(32)54-20-17-35(56)47-43(54)60/h8,11-16,25-26,31H,4-7,9-10,17-24,27H2,1-3H3,(H,44,58)(H,45,46,48)(H,47,56,60). The number of nitrogens with one attached hydrogen (secondary N) is 3. The summed E-state index contributed by atoms with van der Waals surface area (Å²) in [7, 11) is 5.27. The van der Waals surface area contributed by atoms with Crippen LogP contribution in [0.4, 0.5) is 22.2 Å². The fourth-order valence-corrected chi connectivity index (χ4v) is 8.41. The van der Waals surface area contributed by atoms with Crippen molar-refractivity contribution >= 4 is 69.0 Å². The molecule has 0 spiro atoms. The van der Waals surface area contributed by atoms with Gasteiger partial charge in [-0.3, -0.25) is 39.0 Å². The van der Waals surface area contributed by atoms with Crippen LogP contribution < -0.4 is 25.6 Å². The lowest BCUT2D eigenvalue weighted by Crippen LogP contribution is -2.50. The van der Waals surface area contributed by atoms with Gasteiger partial charge in [0, 0.05) is 101 Å². The van der Waals surface area contributed by atoms with E-state index in [-0.39, 0.29) is 49.2 Å². The summed E-state index contributed by atoms with van der Waals surface area (Å²) in [4.78, 5) is 79.7. The number of fused-ring (bicyclic) bond motifs is 2. The Labute approximate surface area is 353 Å². The number of aromatic nitrogens is 5. The summed E-state index contributed by atoms with van der Waals surface area (Å²) in [6, 6.07) is 14.2. The minimum Gasteiger partial charge on any atom is -0.481 e. The Hall–Kier alpha value is -6.56. The lowest BCUT2D eigenvalue weighted by Gasteiger charge is -2.34. The first kappa shape index (κ1) is 41.2. The van der Waals surface area contributed by atoms with Gasteiger partial charge in [-0.1, -0.05) is 18.9 Å². The number of hydrogen-bond donors (Lipinski definition) is 3. The number of urea groups is 1. The molecule has 2 aliphatic heterocycles. The van der Waals surface area contributed by atoms with Gasteiger partial charge >= 0.3 is 6.03 Å². The topological polar surface area (TPSA) is 192 Å². The van der Waals surface area contributed by atoms with E-state index in [0.29, 0.717) is 59.3 Å². The average Bonchev–Trinajstić information content (AvgIpc) is 4.01. The van der Waals surface area contributed by atoms with Gasteiger partial charge in [-0.2, -0.15) is 10.1 Å². The molecule has 0 bridgehead atoms. The minimum absolute atomic E-state index is 0.0523. The van der Waals surface area contributed by atoms with E-state index in [1.165, 1.54) is 4.90 Å². The molecule has 3 N–H and O–H groups in total. The van der Waals surface area contributed by atoms with Gasteiger partial charge in [0.2, 0.25) is 11.9 Å². The summed E-state index contributed by atoms with van der Waals surface area (Å²) in [5.41, 5.74) is 3.33. The number of carbonyl (C=O) groups excluding carboxylic acids is 5. The summed E-state index contributed by atoms with van der Waals surface area (Å²) < 4.78 is 9.72. The van der Waals surface area contributed by atoms with Crippen molar-refractivity contribution in [3.8, 4) is 5.75 Å². The Morgan fingerprint density at radius 3 is 2.48 bits per heavy atom. The van der Waals surface area contributed by atoms with Crippen molar-refractivity contribution in [3.05, 3.63) is 66.0 Å². The molecule has 18 nitrogen and oxygen atoms in total. The van der Waals surface area contributed by atoms with E-state index in [0.717, 1.165) is 74.9 Å². The van der Waals surface area contributed by atoms with Crippen LogP contribution >= 0.6 is 0 Å². The van der Waals surface area contributed by atoms with Gasteiger partial charge in [0.15, 0.2) is 12.4 Å². The molecule has 61 heavy (non-hydrogen) atoms. The molecule has 5 heterocycles. The van der Waals surface area contributed by atoms with Crippen LogP contribution in [0.15, 0.2) is 54.7 Å². The fourth-order valence-electron chi connectivity index (χ4n) is 8.41. The van der Waals surface area contributed by atoms with E-state index < -0.39 is 6.03 Å². The van der Waals surface area contributed by atoms with Crippen molar-refractivity contribution in [1.29, 1.82) is 0 Å². The number of carbonyl (C=O) groups is 5. The highest BCUT2D eigenvalue weighted by atomic mass is 16.5. The number of anilines is 3. The third kappa shape index (κ3) is 8.99. The first-order chi connectivity index (χ1) is 29.5. The van der Waals surface area contributed by atoms with Crippen LogP contribution in [-0.4, -0.2) is 135 Å². The number of rotatable bonds is 14. The molecule has 1 aliphatic carbocycles. The maximum absolute atomic E-state index is 13.1. The summed E-state index contributed by atoms with van der Waals surface area (Å²) >= 11 is 0. The van der Waals surface area contributed by atoms with Crippen molar-refractivity contribution < 1.29 is 28.7 Å². The van der Waals surface area contributed by atoms with Crippen LogP contribution in [0.2, 0.25) is 0 Å². The number of unbranched alkanes of at least 4 members (excludes halogenated alkanes) is 1. The Balaban J connectivity index is 0.754. The van der Waals surface area contributed by atoms with Gasteiger partial charge in [0.1, 0.15) is 22.6 Å². The molecular formula is C43H52N12O6. The SMILES string of the molecule is CN(C)C(=O)c1cc2cnc(Nc3ccc(C(=O)NCCCCN4CCN(C(=O)COc5cccc6c(N7CCC(=O)NC7=O)nn(C)c56)CC4)cc3)nc2n1C1CCCC1. The zero-order chi connectivity index (χ0) is 42.6. The number of nitrogens with zero attached hydrogens (tertiary/aromatic N) is 9. The molecule has 2 aromatic carbocycles. The van der Waals surface area contributed by atoms with Crippen molar-refractivity contribution in [3.63, 3.8) is 0 Å². The normalized spacial score (nSPS) is 16.3. The molecule has 2 saturated heterocycles. The Kier molecular flexibility index (Phi) is 12.1. The third-order valence-corrected chi connectivity index (χ3v) is 11.7. The van der Waals surface area contributed by atoms with Gasteiger partial charge in [-0.05, 0) is 74.7 Å². The van der Waals surface area contributed by atoms with Crippen molar-refractivity contribution in [2.75, 3.05) is 76.7 Å². The summed E-state index contributed by atoms with van der Waals surface area (Å²) in [5, 5.41) is 14.7. The lowest BCUT2D eigenvalue weighted by atomic mass is 10.2. The highest BCUT2D eigenvalue weighted by molar-refractivity contribution is 6.09. The van der Waals surface area contributed by atoms with E-state index in [4.69, 9.17) is 9.72 Å². The van der Waals surface area contributed by atoms with Crippen molar-refractivity contribution in [2.45, 2.75) is 51.0 Å². The number of hydrogen-bond acceptors (Lipinski definition) is 11. The smallest absolute Gasteiger partial charge is 0.329 e. The predicted octanol–water partition coefficient (Wildman–Crippen LogP) is 4.06. The van der Waals surface area contributed by atoms with E-state index in [1.807, 2.05) is 29.2 Å². The lowest BCUT2D eigenvalue weighted by molar-refractivity contribution is -0.135. The maximum atomic E-state index is 13.1. The quantitative estimate of drug-likeness (QED) is 0.137. The second-order valence-electron chi connectivity index (χ2n) is 16.0. The number of benzene rings is 2. The third-order valence-electron chi connectivity index (χ3n) is 11.7. The molecule has 8 rings (SSSR count). The summed E-state index contributed by atoms with van der Waals surface area (Å²) in [6.07, 6.45) is 7.96. The van der Waals surface area contributed by atoms with Crippen LogP contribution in [0.3, 0.4) is 0 Å². The molecule has 3 fully saturated rings. The molecule has 1 saturated carbocycles. The van der Waals surface area contributed by atoms with E-state index in [1.54, 1.807) is 61.2 Å². The monoisotopic (exact) mass is 832 g/mol. The molecule has 0 atom stereocenters. The first-order valence-corrected chi connectivity index (χ1v) is 21.0. The number of ether oxygens (including phenoxy) is 1. The predicted molar refractivity (Wildman–Crippen MR) is 229 cm³/mol. The van der Waals surface area contributed by atoms with E-state index in [9.17, 15) is 24.0 Å². The number of piperazine rings is 1. The highest BCUT2D eigenvalue weighted by Crippen LogP contribution is 2.36. The molecular weight excluding hydrogens is 781 g/mol. The van der Waals surface area contributed by atoms with E-state index >= 15 is 0 Å². The molecule has 0 radical (unpaired) electrons. The van der Waals surface area contributed by atoms with E-state index in [2.05, 4.69) is 35.5 Å². The average molecular weight is 833 g/mol. The molecule has 5 aromatic rings. The molecule has 320 valence electrons. The Morgan fingerprint density at radius 2 is 1.74 bits per heavy atom. The van der Waals surface area contributed by atoms with Crippen LogP contribution in [0.25, 0.3) is 21.9 Å². The van der Waals surface area contributed by atoms with Gasteiger partial charge in [0.05, 0.1) is 0 Å². The second-order valence-corrected chi connectivity index (χ2v) is 16.0. The molecule has 0 unspecified atom stereocenters. The highest BCUT2D eigenvalue weighted by Gasteiger charge is 2.30. The van der Waals surface area contributed by atoms with Gasteiger partial charge < -0.3 is 29.7 Å². The Bertz CT molecular complexity index is 2450. The van der Waals surface area contributed by atoms with Crippen molar-refractivity contribution in [1.82, 2.24) is 49.6 Å². The zero-order valence-electron chi connectivity index (χ0n) is 34.9. The van der Waals surface area contributed by atoms with Crippen LogP contribution in [0.1, 0.15) is 71.8 Å². The van der Waals surface area contributed by atoms with Crippen LogP contribution in [0.5, 0.6) is 5.75 Å². The number of para-hydroxylation sites is 1. The minimum atomic E-state index is -0.515. The molecule has 3 aromatic heterocycles. The van der Waals surface area contributed by atoms with Gasteiger partial charge in [-0.25, -0.2) is 9.78 Å². The number of aryl methyl sites for hydroxylation is 1. The van der Waals surface area contributed by atoms with Gasteiger partial charge in [0.25, 0.3) is 17.7 Å². The molecule has 3 aliphatic rings. The number of imide groups is 1. The Morgan fingerprint density at radius 1 is 0.967 bits per heavy atom. The fraction of sp³-hybridized carbons (Fsp3) is 0.442. The van der Waals surface area contributed by atoms with Gasteiger partial charge in [-0.15, -0.1) is 0 Å². The summed E-state index contributed by atoms with van der Waals surface area (Å²) in [5.74, 6) is 0.726.